The van der Waals surface area contributed by atoms with Gasteiger partial charge in [0, 0.05) is 17.1 Å². The van der Waals surface area contributed by atoms with Crippen molar-refractivity contribution in [3.63, 3.8) is 0 Å². The quantitative estimate of drug-likeness (QED) is 0.830. The molecule has 1 aromatic carbocycles. The summed E-state index contributed by atoms with van der Waals surface area (Å²) in [5.74, 6) is 0.0605. The first-order valence-electron chi connectivity index (χ1n) is 6.22. The lowest BCUT2D eigenvalue weighted by Gasteiger charge is -2.14. The van der Waals surface area contributed by atoms with Crippen molar-refractivity contribution in [1.29, 1.82) is 0 Å². The molecule has 0 aliphatic heterocycles. The van der Waals surface area contributed by atoms with E-state index < -0.39 is 10.0 Å². The minimum Gasteiger partial charge on any atom is -0.313 e. The standard InChI is InChI=1S/C13H21BrN2O2S/c1-9(2)15-5-6-19(17,18)16-13-11(4)7-10(3)8-12(13)14/h7-9,15-16H,5-6H2,1-4H3. The molecule has 0 aromatic heterocycles. The Kier molecular flexibility index (Phi) is 5.82. The van der Waals surface area contributed by atoms with Crippen LogP contribution in [0.15, 0.2) is 16.6 Å². The second kappa shape index (κ2) is 6.72. The minimum atomic E-state index is -3.33. The first-order chi connectivity index (χ1) is 8.71. The molecule has 0 spiro atoms. The van der Waals surface area contributed by atoms with Crippen molar-refractivity contribution in [2.75, 3.05) is 17.0 Å². The number of anilines is 1. The fourth-order valence-corrected chi connectivity index (χ4v) is 3.71. The summed E-state index contributed by atoms with van der Waals surface area (Å²) in [7, 11) is -3.33. The van der Waals surface area contributed by atoms with E-state index in [1.165, 1.54) is 0 Å². The third-order valence-corrected chi connectivity index (χ3v) is 4.49. The van der Waals surface area contributed by atoms with Crippen molar-refractivity contribution >= 4 is 31.6 Å². The fraction of sp³-hybridized carbons (Fsp3) is 0.538. The van der Waals surface area contributed by atoms with Gasteiger partial charge in [-0.25, -0.2) is 8.42 Å². The molecule has 0 atom stereocenters. The highest BCUT2D eigenvalue weighted by Gasteiger charge is 2.14. The summed E-state index contributed by atoms with van der Waals surface area (Å²) in [5, 5.41) is 3.09. The van der Waals surface area contributed by atoms with Gasteiger partial charge >= 0.3 is 0 Å². The molecule has 1 aromatic rings. The molecule has 0 saturated carbocycles. The normalized spacial score (nSPS) is 11.9. The van der Waals surface area contributed by atoms with Crippen LogP contribution in [0.1, 0.15) is 25.0 Å². The van der Waals surface area contributed by atoms with Gasteiger partial charge in [-0.2, -0.15) is 0 Å². The number of hydrogen-bond donors (Lipinski definition) is 2. The summed E-state index contributed by atoms with van der Waals surface area (Å²) < 4.78 is 27.4. The van der Waals surface area contributed by atoms with Gasteiger partial charge in [0.1, 0.15) is 0 Å². The lowest BCUT2D eigenvalue weighted by molar-refractivity contribution is 0.582. The predicted octanol–water partition coefficient (Wildman–Crippen LogP) is 2.81. The van der Waals surface area contributed by atoms with E-state index in [1.807, 2.05) is 39.8 Å². The largest absolute Gasteiger partial charge is 0.313 e. The van der Waals surface area contributed by atoms with Crippen LogP contribution < -0.4 is 10.0 Å². The number of hydrogen-bond acceptors (Lipinski definition) is 3. The van der Waals surface area contributed by atoms with E-state index >= 15 is 0 Å². The summed E-state index contributed by atoms with van der Waals surface area (Å²) in [6, 6.07) is 4.13. The predicted molar refractivity (Wildman–Crippen MR) is 84.2 cm³/mol. The summed E-state index contributed by atoms with van der Waals surface area (Å²) in [6.07, 6.45) is 0. The summed E-state index contributed by atoms with van der Waals surface area (Å²) in [6.45, 7) is 8.28. The molecule has 108 valence electrons. The Morgan fingerprint density at radius 1 is 1.26 bits per heavy atom. The summed E-state index contributed by atoms with van der Waals surface area (Å²) >= 11 is 3.40. The van der Waals surface area contributed by atoms with Gasteiger partial charge in [-0.1, -0.05) is 19.9 Å². The average molecular weight is 349 g/mol. The van der Waals surface area contributed by atoms with E-state index in [0.717, 1.165) is 15.6 Å². The van der Waals surface area contributed by atoms with Crippen LogP contribution in [0.5, 0.6) is 0 Å². The highest BCUT2D eigenvalue weighted by Crippen LogP contribution is 2.28. The number of rotatable bonds is 6. The maximum absolute atomic E-state index is 12.0. The Morgan fingerprint density at radius 2 is 1.89 bits per heavy atom. The highest BCUT2D eigenvalue weighted by molar-refractivity contribution is 9.10. The van der Waals surface area contributed by atoms with Crippen molar-refractivity contribution in [3.05, 3.63) is 27.7 Å². The molecule has 0 saturated heterocycles. The van der Waals surface area contributed by atoms with E-state index in [9.17, 15) is 8.42 Å². The molecule has 0 radical (unpaired) electrons. The molecule has 0 amide bonds. The molecule has 1 rings (SSSR count). The van der Waals surface area contributed by atoms with Crippen LogP contribution in [0.2, 0.25) is 0 Å². The Labute approximate surface area is 124 Å². The van der Waals surface area contributed by atoms with Gasteiger partial charge in [-0.15, -0.1) is 0 Å². The third-order valence-electron chi connectivity index (χ3n) is 2.61. The second-order valence-electron chi connectivity index (χ2n) is 4.97. The maximum atomic E-state index is 12.0. The molecule has 0 bridgehead atoms. The first-order valence-corrected chi connectivity index (χ1v) is 8.66. The zero-order chi connectivity index (χ0) is 14.6. The topological polar surface area (TPSA) is 58.2 Å². The minimum absolute atomic E-state index is 0.0605. The van der Waals surface area contributed by atoms with Crippen molar-refractivity contribution in [2.45, 2.75) is 33.7 Å². The highest BCUT2D eigenvalue weighted by atomic mass is 79.9. The second-order valence-corrected chi connectivity index (χ2v) is 7.66. The zero-order valence-corrected chi connectivity index (χ0v) is 14.2. The van der Waals surface area contributed by atoms with Gasteiger partial charge in [0.2, 0.25) is 10.0 Å². The number of benzene rings is 1. The average Bonchev–Trinajstić information content (AvgIpc) is 2.22. The van der Waals surface area contributed by atoms with Gasteiger partial charge in [0.05, 0.1) is 11.4 Å². The first kappa shape index (κ1) is 16.5. The monoisotopic (exact) mass is 348 g/mol. The SMILES string of the molecule is Cc1cc(C)c(NS(=O)(=O)CCNC(C)C)c(Br)c1. The Morgan fingerprint density at radius 3 is 2.42 bits per heavy atom. The number of nitrogens with one attached hydrogen (secondary N) is 2. The van der Waals surface area contributed by atoms with Gasteiger partial charge in [-0.3, -0.25) is 4.72 Å². The van der Waals surface area contributed by atoms with E-state index in [1.54, 1.807) is 0 Å². The molecule has 19 heavy (non-hydrogen) atoms. The van der Waals surface area contributed by atoms with Crippen LogP contribution in [-0.4, -0.2) is 26.8 Å². The van der Waals surface area contributed by atoms with Crippen molar-refractivity contribution in [1.82, 2.24) is 5.32 Å². The van der Waals surface area contributed by atoms with E-state index in [-0.39, 0.29) is 11.8 Å². The Hall–Kier alpha value is -0.590. The molecule has 4 nitrogen and oxygen atoms in total. The Bertz CT molecular complexity index is 519. The fourth-order valence-electron chi connectivity index (χ4n) is 1.73. The molecule has 6 heteroatoms. The Balaban J connectivity index is 2.79. The van der Waals surface area contributed by atoms with Gasteiger partial charge in [0.25, 0.3) is 0 Å². The van der Waals surface area contributed by atoms with Crippen LogP contribution in [0.3, 0.4) is 0 Å². The molecule has 0 aliphatic rings. The van der Waals surface area contributed by atoms with Crippen LogP contribution in [-0.2, 0) is 10.0 Å². The molecule has 2 N–H and O–H groups in total. The van der Waals surface area contributed by atoms with Crippen LogP contribution in [0, 0.1) is 13.8 Å². The van der Waals surface area contributed by atoms with Gasteiger partial charge in [-0.05, 0) is 47.0 Å². The van der Waals surface area contributed by atoms with Crippen LogP contribution in [0.4, 0.5) is 5.69 Å². The van der Waals surface area contributed by atoms with Crippen molar-refractivity contribution in [3.8, 4) is 0 Å². The van der Waals surface area contributed by atoms with E-state index in [0.29, 0.717) is 12.2 Å². The molecular weight excluding hydrogens is 328 g/mol. The summed E-state index contributed by atoms with van der Waals surface area (Å²) in [5.41, 5.74) is 2.62. The van der Waals surface area contributed by atoms with Crippen molar-refractivity contribution in [2.24, 2.45) is 0 Å². The van der Waals surface area contributed by atoms with Crippen LogP contribution >= 0.6 is 15.9 Å². The van der Waals surface area contributed by atoms with Gasteiger partial charge in [0.15, 0.2) is 0 Å². The molecule has 0 aliphatic carbocycles. The molecule has 0 heterocycles. The maximum Gasteiger partial charge on any atom is 0.234 e. The molecule has 0 fully saturated rings. The summed E-state index contributed by atoms with van der Waals surface area (Å²) in [4.78, 5) is 0. The van der Waals surface area contributed by atoms with Crippen molar-refractivity contribution < 1.29 is 8.42 Å². The zero-order valence-electron chi connectivity index (χ0n) is 11.7. The smallest absolute Gasteiger partial charge is 0.234 e. The van der Waals surface area contributed by atoms with Gasteiger partial charge < -0.3 is 5.32 Å². The number of halogens is 1. The third kappa shape index (κ3) is 5.50. The molecular formula is C13H21BrN2O2S. The molecule has 0 unspecified atom stereocenters. The number of aryl methyl sites for hydroxylation is 2. The van der Waals surface area contributed by atoms with E-state index in [4.69, 9.17) is 0 Å². The van der Waals surface area contributed by atoms with E-state index in [2.05, 4.69) is 26.0 Å². The lowest BCUT2D eigenvalue weighted by atomic mass is 10.1. The lowest BCUT2D eigenvalue weighted by Crippen LogP contribution is -2.31. The number of sulfonamides is 1. The van der Waals surface area contributed by atoms with Crippen LogP contribution in [0.25, 0.3) is 0 Å².